The Morgan fingerprint density at radius 2 is 1.76 bits per heavy atom. The Morgan fingerprint density at radius 1 is 1.02 bits per heavy atom. The van der Waals surface area contributed by atoms with Crippen LogP contribution >= 0.6 is 11.6 Å². The number of alkyl halides is 1. The molecule has 42 heavy (non-hydrogen) atoms. The zero-order valence-electron chi connectivity index (χ0n) is 22.3. The maximum Gasteiger partial charge on any atom is 0.301 e. The monoisotopic (exact) mass is 616 g/mol. The minimum Gasteiger partial charge on any atom is -0.453 e. The Labute approximate surface area is 245 Å². The zero-order valence-corrected chi connectivity index (χ0v) is 23.8. The molecule has 2 N–H and O–H groups in total. The molecule has 2 saturated heterocycles. The van der Waals surface area contributed by atoms with Gasteiger partial charge in [0, 0.05) is 45.0 Å². The van der Waals surface area contributed by atoms with Crippen LogP contribution in [0.3, 0.4) is 0 Å². The van der Waals surface area contributed by atoms with Crippen molar-refractivity contribution in [2.24, 2.45) is 0 Å². The van der Waals surface area contributed by atoms with Crippen LogP contribution in [0.4, 0.5) is 20.2 Å². The molecule has 1 aromatic heterocycles. The van der Waals surface area contributed by atoms with Crippen LogP contribution in [0.1, 0.15) is 6.42 Å². The lowest BCUT2D eigenvalue weighted by Crippen LogP contribution is -2.43. The summed E-state index contributed by atoms with van der Waals surface area (Å²) in [6, 6.07) is 14.3. The van der Waals surface area contributed by atoms with E-state index in [1.807, 2.05) is 24.3 Å². The first-order valence-corrected chi connectivity index (χ1v) is 15.2. The summed E-state index contributed by atoms with van der Waals surface area (Å²) in [7, 11) is -4.12. The molecule has 0 unspecified atom stereocenters. The van der Waals surface area contributed by atoms with Gasteiger partial charge < -0.3 is 15.0 Å². The highest BCUT2D eigenvalue weighted by atomic mass is 35.5. The molecule has 0 aliphatic carbocycles. The Balaban J connectivity index is 1.27. The van der Waals surface area contributed by atoms with Gasteiger partial charge in [-0.2, -0.15) is 12.7 Å². The number of hydrogen-bond donors (Lipinski definition) is 2. The fourth-order valence-corrected chi connectivity index (χ4v) is 6.60. The highest BCUT2D eigenvalue weighted by Crippen LogP contribution is 2.38. The Hall–Kier alpha value is -3.78. The van der Waals surface area contributed by atoms with E-state index in [1.165, 1.54) is 23.0 Å². The maximum absolute atomic E-state index is 14.8. The van der Waals surface area contributed by atoms with E-state index in [9.17, 15) is 22.0 Å². The van der Waals surface area contributed by atoms with E-state index < -0.39 is 27.9 Å². The minimum atomic E-state index is -4.12. The number of anilines is 2. The summed E-state index contributed by atoms with van der Waals surface area (Å²) < 4.78 is 64.1. The van der Waals surface area contributed by atoms with Crippen LogP contribution in [0.5, 0.6) is 11.5 Å². The summed E-state index contributed by atoms with van der Waals surface area (Å²) >= 11 is 6.36. The van der Waals surface area contributed by atoms with Gasteiger partial charge in [-0.05, 0) is 61.0 Å². The van der Waals surface area contributed by atoms with Crippen molar-refractivity contribution in [2.45, 2.75) is 12.6 Å². The van der Waals surface area contributed by atoms with Gasteiger partial charge in [-0.1, -0.05) is 11.6 Å². The Bertz CT molecular complexity index is 1800. The van der Waals surface area contributed by atoms with Crippen LogP contribution in [0.2, 0.25) is 5.02 Å². The number of halogens is 3. The van der Waals surface area contributed by atoms with E-state index in [0.717, 1.165) is 48.3 Å². The number of aromatic nitrogens is 2. The summed E-state index contributed by atoms with van der Waals surface area (Å²) in [5, 5.41) is 3.22. The zero-order chi connectivity index (χ0) is 29.4. The molecule has 220 valence electrons. The molecule has 2 aliphatic heterocycles. The second kappa shape index (κ2) is 11.5. The summed E-state index contributed by atoms with van der Waals surface area (Å²) in [4.78, 5) is 20.1. The van der Waals surface area contributed by atoms with E-state index in [1.54, 1.807) is 6.07 Å². The first-order chi connectivity index (χ1) is 20.2. The molecule has 10 nitrogen and oxygen atoms in total. The van der Waals surface area contributed by atoms with Crippen LogP contribution in [-0.2, 0) is 10.2 Å². The number of fused-ring (bicyclic) bond motifs is 1. The quantitative estimate of drug-likeness (QED) is 0.322. The number of rotatable bonds is 7. The molecule has 0 bridgehead atoms. The molecule has 0 radical (unpaired) electrons. The predicted octanol–water partition coefficient (Wildman–Crippen LogP) is 4.08. The van der Waals surface area contributed by atoms with Crippen LogP contribution in [0.25, 0.3) is 16.6 Å². The largest absolute Gasteiger partial charge is 0.453 e. The highest BCUT2D eigenvalue weighted by molar-refractivity contribution is 7.90. The summed E-state index contributed by atoms with van der Waals surface area (Å²) in [6.07, 6.45) is 0.280. The third kappa shape index (κ3) is 5.64. The molecule has 0 amide bonds. The van der Waals surface area contributed by atoms with E-state index in [0.29, 0.717) is 11.2 Å². The van der Waals surface area contributed by atoms with Gasteiger partial charge in [0.15, 0.2) is 11.6 Å². The number of piperazine rings is 1. The lowest BCUT2D eigenvalue weighted by Gasteiger charge is -2.29. The average Bonchev–Trinajstić information content (AvgIpc) is 3.45. The van der Waals surface area contributed by atoms with Crippen LogP contribution < -0.4 is 25.2 Å². The van der Waals surface area contributed by atoms with Gasteiger partial charge >= 0.3 is 10.2 Å². The normalized spacial score (nSPS) is 18.0. The number of ether oxygens (including phenoxy) is 1. The van der Waals surface area contributed by atoms with Crippen LogP contribution in [0.15, 0.2) is 65.7 Å². The third-order valence-electron chi connectivity index (χ3n) is 7.28. The fourth-order valence-electron chi connectivity index (χ4n) is 5.03. The maximum atomic E-state index is 14.8. The van der Waals surface area contributed by atoms with E-state index in [2.05, 4.69) is 19.9 Å². The van der Waals surface area contributed by atoms with Crippen molar-refractivity contribution in [2.75, 3.05) is 48.9 Å². The van der Waals surface area contributed by atoms with Gasteiger partial charge in [0.2, 0.25) is 0 Å². The first kappa shape index (κ1) is 28.3. The molecule has 14 heteroatoms. The topological polar surface area (TPSA) is 109 Å². The first-order valence-electron chi connectivity index (χ1n) is 13.3. The van der Waals surface area contributed by atoms with Crippen molar-refractivity contribution >= 4 is 44.1 Å². The van der Waals surface area contributed by atoms with Gasteiger partial charge in [0.1, 0.15) is 23.3 Å². The van der Waals surface area contributed by atoms with Crippen molar-refractivity contribution in [3.05, 3.63) is 82.1 Å². The number of hydrogen-bond acceptors (Lipinski definition) is 7. The highest BCUT2D eigenvalue weighted by Gasteiger charge is 2.32. The van der Waals surface area contributed by atoms with E-state index in [-0.39, 0.29) is 46.9 Å². The van der Waals surface area contributed by atoms with Crippen LogP contribution in [0, 0.1) is 5.82 Å². The van der Waals surface area contributed by atoms with Gasteiger partial charge in [-0.3, -0.25) is 14.1 Å². The number of benzene rings is 3. The van der Waals surface area contributed by atoms with Crippen molar-refractivity contribution < 1.29 is 21.9 Å². The van der Waals surface area contributed by atoms with Crippen molar-refractivity contribution in [3.8, 4) is 17.2 Å². The second-order valence-corrected chi connectivity index (χ2v) is 12.1. The van der Waals surface area contributed by atoms with Gasteiger partial charge in [-0.15, -0.1) is 0 Å². The van der Waals surface area contributed by atoms with Gasteiger partial charge in [0.25, 0.3) is 5.56 Å². The van der Waals surface area contributed by atoms with Crippen molar-refractivity contribution in [1.82, 2.24) is 19.2 Å². The predicted molar refractivity (Wildman–Crippen MR) is 158 cm³/mol. The lowest BCUT2D eigenvalue weighted by molar-refractivity contribution is 0.343. The molecule has 1 atom stereocenters. The molecule has 3 aromatic carbocycles. The SMILES string of the molecule is O=c1c2cc(Oc3c(F)ccc(NS(=O)(=O)N4CC[C@@H](F)C4)c3Cl)ccc2ncn1-c1ccc(N2CCNCC2)cc1. The summed E-state index contributed by atoms with van der Waals surface area (Å²) in [6.45, 7) is 3.36. The van der Waals surface area contributed by atoms with Gasteiger partial charge in [-0.25, -0.2) is 13.8 Å². The van der Waals surface area contributed by atoms with Crippen molar-refractivity contribution in [3.63, 3.8) is 0 Å². The summed E-state index contributed by atoms with van der Waals surface area (Å²) in [5.41, 5.74) is 1.61. The molecule has 2 aliphatic rings. The third-order valence-corrected chi connectivity index (χ3v) is 9.15. The van der Waals surface area contributed by atoms with E-state index >= 15 is 0 Å². The number of nitrogens with one attached hydrogen (secondary N) is 2. The molecule has 4 aromatic rings. The van der Waals surface area contributed by atoms with Gasteiger partial charge in [0.05, 0.1) is 22.3 Å². The molecule has 0 spiro atoms. The second-order valence-electron chi connectivity index (χ2n) is 10.0. The molecule has 2 fully saturated rings. The number of nitrogens with zero attached hydrogens (tertiary/aromatic N) is 4. The lowest BCUT2D eigenvalue weighted by atomic mass is 10.2. The smallest absolute Gasteiger partial charge is 0.301 e. The fraction of sp³-hybridized carbons (Fsp3) is 0.286. The Kier molecular flexibility index (Phi) is 7.75. The van der Waals surface area contributed by atoms with Crippen molar-refractivity contribution in [1.29, 1.82) is 0 Å². The molecule has 3 heterocycles. The van der Waals surface area contributed by atoms with E-state index in [4.69, 9.17) is 16.3 Å². The molecular weight excluding hydrogens is 590 g/mol. The standard InChI is InChI=1S/C28H27ClF2N6O4S/c29-26-25(34-42(39,40)36-12-9-18(30)16-36)8-6-23(31)27(26)41-21-5-7-24-22(15-21)28(38)37(17-33-24)20-3-1-19(2-4-20)35-13-10-32-11-14-35/h1-8,15,17-18,32,34H,9-14,16H2/t18-/m1/s1. The molecular formula is C28H27ClF2N6O4S. The minimum absolute atomic E-state index is 0.0155. The summed E-state index contributed by atoms with van der Waals surface area (Å²) in [5.74, 6) is -1.19. The van der Waals surface area contributed by atoms with Crippen LogP contribution in [-0.4, -0.2) is 67.7 Å². The molecule has 6 rings (SSSR count). The molecule has 0 saturated carbocycles. The average molecular weight is 617 g/mol. The Morgan fingerprint density at radius 3 is 2.48 bits per heavy atom.